The maximum absolute atomic E-state index is 12.5. The van der Waals surface area contributed by atoms with Gasteiger partial charge in [-0.25, -0.2) is 18.1 Å². The van der Waals surface area contributed by atoms with Crippen molar-refractivity contribution in [1.29, 1.82) is 0 Å². The molecule has 0 fully saturated rings. The highest BCUT2D eigenvalue weighted by atomic mass is 32.2. The monoisotopic (exact) mass is 390 g/mol. The van der Waals surface area contributed by atoms with Gasteiger partial charge in [0.1, 0.15) is 11.3 Å². The lowest BCUT2D eigenvalue weighted by Gasteiger charge is -2.27. The fourth-order valence-electron chi connectivity index (χ4n) is 2.88. The van der Waals surface area contributed by atoms with Crippen LogP contribution >= 0.6 is 0 Å². The highest BCUT2D eigenvalue weighted by Gasteiger charge is 2.45. The average molecular weight is 390 g/mol. The Balaban J connectivity index is 1.47. The van der Waals surface area contributed by atoms with Crippen molar-refractivity contribution in [2.75, 3.05) is 13.1 Å². The molecule has 0 radical (unpaired) electrons. The van der Waals surface area contributed by atoms with Gasteiger partial charge in [0.05, 0.1) is 12.7 Å². The van der Waals surface area contributed by atoms with Crippen LogP contribution in [0, 0.1) is 0 Å². The fraction of sp³-hybridized carbons (Fsp3) is 0.467. The second-order valence-corrected chi connectivity index (χ2v) is 7.74. The number of pyridine rings is 1. The van der Waals surface area contributed by atoms with Gasteiger partial charge < -0.3 is 4.90 Å². The molecule has 1 N–H and O–H groups in total. The highest BCUT2D eigenvalue weighted by Crippen LogP contribution is 2.22. The molecule has 0 atom stereocenters. The van der Waals surface area contributed by atoms with Gasteiger partial charge in [-0.1, -0.05) is 12.5 Å². The summed E-state index contributed by atoms with van der Waals surface area (Å²) in [6.07, 6.45) is 2.83. The Bertz CT molecular complexity index is 924. The molecular weight excluding hydrogens is 373 g/mol. The van der Waals surface area contributed by atoms with Crippen molar-refractivity contribution in [3.63, 3.8) is 0 Å². The minimum absolute atomic E-state index is 0.144. The van der Waals surface area contributed by atoms with Crippen LogP contribution in [0.3, 0.4) is 0 Å². The molecular formula is C15H17F3N4O3S. The molecule has 0 saturated carbocycles. The lowest BCUT2D eigenvalue weighted by molar-refractivity contribution is -0.0447. The molecule has 0 aliphatic carbocycles. The number of sulfonamides is 1. The molecule has 0 spiro atoms. The predicted molar refractivity (Wildman–Crippen MR) is 86.8 cm³/mol. The van der Waals surface area contributed by atoms with E-state index in [4.69, 9.17) is 0 Å². The van der Waals surface area contributed by atoms with Crippen LogP contribution in [0.2, 0.25) is 0 Å². The molecule has 11 heteroatoms. The van der Waals surface area contributed by atoms with E-state index < -0.39 is 15.5 Å². The van der Waals surface area contributed by atoms with E-state index in [-0.39, 0.29) is 18.9 Å². The maximum Gasteiger partial charge on any atom is 0.511 e. The van der Waals surface area contributed by atoms with Crippen molar-refractivity contribution in [2.45, 2.75) is 31.3 Å². The molecule has 1 aliphatic heterocycles. The molecule has 3 heterocycles. The Kier molecular flexibility index (Phi) is 4.93. The molecule has 1 amide bonds. The number of nitrogens with zero attached hydrogens (tertiary/aromatic N) is 3. The van der Waals surface area contributed by atoms with Gasteiger partial charge in [0, 0.05) is 18.8 Å². The molecule has 142 valence electrons. The minimum Gasteiger partial charge on any atom is -0.331 e. The third-order valence-corrected chi connectivity index (χ3v) is 5.36. The van der Waals surface area contributed by atoms with E-state index in [0.29, 0.717) is 37.3 Å². The normalized spacial score (nSPS) is 15.0. The number of amides is 1. The van der Waals surface area contributed by atoms with E-state index in [1.54, 1.807) is 4.90 Å². The summed E-state index contributed by atoms with van der Waals surface area (Å²) in [6.45, 7) is 0.578. The molecule has 0 saturated heterocycles. The van der Waals surface area contributed by atoms with Crippen molar-refractivity contribution in [1.82, 2.24) is 19.0 Å². The van der Waals surface area contributed by atoms with E-state index in [1.165, 1.54) is 10.9 Å². The number of halogens is 3. The Morgan fingerprint density at radius 1 is 1.19 bits per heavy atom. The fourth-order valence-corrected chi connectivity index (χ4v) is 3.46. The third kappa shape index (κ3) is 3.54. The van der Waals surface area contributed by atoms with E-state index in [2.05, 4.69) is 4.98 Å². The van der Waals surface area contributed by atoms with Gasteiger partial charge >= 0.3 is 15.5 Å². The Hall–Kier alpha value is -2.14. The van der Waals surface area contributed by atoms with Gasteiger partial charge in [0.2, 0.25) is 0 Å². The van der Waals surface area contributed by atoms with Crippen LogP contribution < -0.4 is 4.72 Å². The SMILES string of the molecule is O=C1c2cnc3cccc(n23)CN1CCCCCNS(=O)(=O)C(F)(F)F. The molecule has 3 rings (SSSR count). The molecule has 2 aromatic rings. The predicted octanol–water partition coefficient (Wildman–Crippen LogP) is 1.90. The quantitative estimate of drug-likeness (QED) is 0.732. The first kappa shape index (κ1) is 18.6. The molecule has 2 aromatic heterocycles. The van der Waals surface area contributed by atoms with Crippen LogP contribution in [0.4, 0.5) is 13.2 Å². The molecule has 0 bridgehead atoms. The van der Waals surface area contributed by atoms with Gasteiger partial charge in [-0.15, -0.1) is 0 Å². The number of carbonyl (C=O) groups excluding carboxylic acids is 1. The van der Waals surface area contributed by atoms with Crippen molar-refractivity contribution in [3.05, 3.63) is 35.8 Å². The van der Waals surface area contributed by atoms with Gasteiger partial charge in [0.25, 0.3) is 5.91 Å². The zero-order valence-electron chi connectivity index (χ0n) is 13.7. The summed E-state index contributed by atoms with van der Waals surface area (Å²) in [5.41, 5.74) is -3.16. The number of unbranched alkanes of at least 4 members (excludes halogenated alkanes) is 2. The van der Waals surface area contributed by atoms with E-state index in [0.717, 1.165) is 5.69 Å². The standard InChI is InChI=1S/C15H17F3N4O3S/c16-15(17,18)26(24,25)20-7-2-1-3-8-21-10-11-5-4-6-13-19-9-12(14(21)23)22(11)13/h4-6,9,20H,1-3,7-8,10H2. The number of aromatic nitrogens is 2. The summed E-state index contributed by atoms with van der Waals surface area (Å²) in [5, 5.41) is 0. The summed E-state index contributed by atoms with van der Waals surface area (Å²) in [5.74, 6) is -0.144. The lowest BCUT2D eigenvalue weighted by Crippen LogP contribution is -2.37. The van der Waals surface area contributed by atoms with Crippen LogP contribution in [0.5, 0.6) is 0 Å². The second kappa shape index (κ2) is 6.88. The molecule has 26 heavy (non-hydrogen) atoms. The largest absolute Gasteiger partial charge is 0.511 e. The first-order valence-electron chi connectivity index (χ1n) is 8.01. The van der Waals surface area contributed by atoms with Gasteiger partial charge in [-0.3, -0.25) is 9.20 Å². The summed E-state index contributed by atoms with van der Waals surface area (Å²) >= 11 is 0. The second-order valence-electron chi connectivity index (χ2n) is 5.99. The summed E-state index contributed by atoms with van der Waals surface area (Å²) in [6, 6.07) is 5.59. The first-order valence-corrected chi connectivity index (χ1v) is 9.49. The topological polar surface area (TPSA) is 83.8 Å². The number of nitrogens with one attached hydrogen (secondary N) is 1. The summed E-state index contributed by atoms with van der Waals surface area (Å²) in [7, 11) is -5.29. The number of hydrogen-bond acceptors (Lipinski definition) is 4. The lowest BCUT2D eigenvalue weighted by atomic mass is 10.2. The van der Waals surface area contributed by atoms with Crippen molar-refractivity contribution >= 4 is 21.6 Å². The Morgan fingerprint density at radius 2 is 1.96 bits per heavy atom. The molecule has 1 aliphatic rings. The number of imidazole rings is 1. The number of hydrogen-bond donors (Lipinski definition) is 1. The molecule has 0 aromatic carbocycles. The van der Waals surface area contributed by atoms with Crippen molar-refractivity contribution in [2.24, 2.45) is 0 Å². The van der Waals surface area contributed by atoms with Crippen molar-refractivity contribution < 1.29 is 26.4 Å². The van der Waals surface area contributed by atoms with Crippen molar-refractivity contribution in [3.8, 4) is 0 Å². The van der Waals surface area contributed by atoms with E-state index >= 15 is 0 Å². The van der Waals surface area contributed by atoms with Crippen LogP contribution in [-0.2, 0) is 16.6 Å². The van der Waals surface area contributed by atoms with Crippen LogP contribution in [0.25, 0.3) is 5.65 Å². The number of alkyl halides is 3. The maximum atomic E-state index is 12.5. The zero-order valence-corrected chi connectivity index (χ0v) is 14.5. The molecule has 0 unspecified atom stereocenters. The Morgan fingerprint density at radius 3 is 2.69 bits per heavy atom. The Labute approximate surface area is 147 Å². The smallest absolute Gasteiger partial charge is 0.331 e. The van der Waals surface area contributed by atoms with E-state index in [9.17, 15) is 26.4 Å². The van der Waals surface area contributed by atoms with E-state index in [1.807, 2.05) is 22.6 Å². The van der Waals surface area contributed by atoms with Crippen LogP contribution in [0.1, 0.15) is 35.4 Å². The summed E-state index contributed by atoms with van der Waals surface area (Å²) < 4.78 is 61.6. The zero-order chi connectivity index (χ0) is 18.9. The number of carbonyl (C=O) groups is 1. The van der Waals surface area contributed by atoms with Crippen LogP contribution in [0.15, 0.2) is 24.4 Å². The summed E-state index contributed by atoms with van der Waals surface area (Å²) in [4.78, 5) is 18.3. The van der Waals surface area contributed by atoms with Gasteiger partial charge in [-0.05, 0) is 25.0 Å². The first-order chi connectivity index (χ1) is 12.2. The third-order valence-electron chi connectivity index (χ3n) is 4.17. The average Bonchev–Trinajstić information content (AvgIpc) is 2.99. The van der Waals surface area contributed by atoms with Gasteiger partial charge in [0.15, 0.2) is 0 Å². The molecule has 7 nitrogen and oxygen atoms in total. The number of rotatable bonds is 7. The minimum atomic E-state index is -5.29. The van der Waals surface area contributed by atoms with Crippen LogP contribution in [-0.4, -0.2) is 47.2 Å². The van der Waals surface area contributed by atoms with Gasteiger partial charge in [-0.2, -0.15) is 13.2 Å². The highest BCUT2D eigenvalue weighted by molar-refractivity contribution is 7.90.